The maximum absolute atomic E-state index is 12.6. The van der Waals surface area contributed by atoms with Crippen LogP contribution in [0.1, 0.15) is 37.8 Å². The van der Waals surface area contributed by atoms with Gasteiger partial charge in [-0.1, -0.05) is 48.5 Å². The molecule has 0 saturated carbocycles. The number of likely N-dealkylation sites (N-methyl/N-ethyl adjacent to an activating group) is 1. The van der Waals surface area contributed by atoms with E-state index in [0.29, 0.717) is 178 Å². The Hall–Kier alpha value is -3.34. The molecule has 2 aromatic carbocycles. The second-order valence-electron chi connectivity index (χ2n) is 15.7. The van der Waals surface area contributed by atoms with Crippen LogP contribution in [0.4, 0.5) is 4.79 Å². The Morgan fingerprint density at radius 3 is 1.05 bits per heavy atom. The van der Waals surface area contributed by atoms with Crippen molar-refractivity contribution in [2.24, 2.45) is 0 Å². The third-order valence-corrected chi connectivity index (χ3v) is 9.32. The molecule has 1 aliphatic carbocycles. The van der Waals surface area contributed by atoms with Gasteiger partial charge in [-0.05, 0) is 43.0 Å². The Morgan fingerprint density at radius 2 is 0.727 bits per heavy atom. The van der Waals surface area contributed by atoms with Crippen LogP contribution in [0, 0.1) is 0 Å². The van der Waals surface area contributed by atoms with Gasteiger partial charge in [0, 0.05) is 19.5 Å². The number of ether oxygens (including phenoxy) is 15. The van der Waals surface area contributed by atoms with Crippen LogP contribution in [0.3, 0.4) is 0 Å². The van der Waals surface area contributed by atoms with Gasteiger partial charge < -0.3 is 76.0 Å². The third-order valence-electron chi connectivity index (χ3n) is 9.32. The van der Waals surface area contributed by atoms with E-state index in [0.717, 1.165) is 0 Å². The van der Waals surface area contributed by atoms with Crippen molar-refractivity contribution in [1.82, 2.24) is 4.90 Å². The smallest absolute Gasteiger partial charge is 0.409 e. The molecule has 0 unspecified atom stereocenters. The molecule has 18 nitrogen and oxygen atoms in total. The predicted molar refractivity (Wildman–Crippen MR) is 244 cm³/mol. The summed E-state index contributed by atoms with van der Waals surface area (Å²) in [4.78, 5) is 25.7. The van der Waals surface area contributed by atoms with E-state index in [2.05, 4.69) is 24.3 Å². The largest absolute Gasteiger partial charge is 0.458 e. The molecule has 0 heterocycles. The number of nitrogens with zero attached hydrogens (tertiary/aromatic N) is 1. The quantitative estimate of drug-likeness (QED) is 0.0674. The molecule has 0 N–H and O–H groups in total. The van der Waals surface area contributed by atoms with Crippen molar-refractivity contribution in [1.29, 1.82) is 0 Å². The lowest BCUT2D eigenvalue weighted by Crippen LogP contribution is -2.32. The van der Waals surface area contributed by atoms with Crippen LogP contribution in [0.15, 0.2) is 48.5 Å². The molecule has 3 rings (SSSR count). The highest BCUT2D eigenvalue weighted by atomic mass is 16.6. The second-order valence-corrected chi connectivity index (χ2v) is 15.7. The summed E-state index contributed by atoms with van der Waals surface area (Å²) in [6, 6.07) is 16.6. The minimum absolute atomic E-state index is 0.0321. The average Bonchev–Trinajstić information content (AvgIpc) is 3.62. The average molecular weight is 940 g/mol. The van der Waals surface area contributed by atoms with E-state index in [9.17, 15) is 9.59 Å². The van der Waals surface area contributed by atoms with Gasteiger partial charge in [-0.2, -0.15) is 0 Å². The first-order valence-corrected chi connectivity index (χ1v) is 23.0. The first-order chi connectivity index (χ1) is 32.3. The first kappa shape index (κ1) is 57.0. The third kappa shape index (κ3) is 28.1. The Bertz CT molecular complexity index is 1470. The van der Waals surface area contributed by atoms with Gasteiger partial charge in [0.2, 0.25) is 0 Å². The van der Waals surface area contributed by atoms with Crippen LogP contribution >= 0.6 is 0 Å². The number of amides is 1. The Balaban J connectivity index is 0.924. The summed E-state index contributed by atoms with van der Waals surface area (Å²) in [7, 11) is 1.71. The zero-order valence-electron chi connectivity index (χ0n) is 39.9. The second kappa shape index (κ2) is 37.6. The summed E-state index contributed by atoms with van der Waals surface area (Å²) in [6.45, 7) is 17.4. The van der Waals surface area contributed by atoms with Crippen molar-refractivity contribution < 1.29 is 80.6 Å². The molecule has 0 spiro atoms. The van der Waals surface area contributed by atoms with E-state index in [-0.39, 0.29) is 18.6 Å². The molecule has 376 valence electrons. The van der Waals surface area contributed by atoms with E-state index in [1.807, 2.05) is 45.0 Å². The summed E-state index contributed by atoms with van der Waals surface area (Å²) in [6.07, 6.45) is -0.369. The van der Waals surface area contributed by atoms with Gasteiger partial charge in [-0.15, -0.1) is 0 Å². The summed E-state index contributed by atoms with van der Waals surface area (Å²) in [5.41, 5.74) is 4.26. The fourth-order valence-electron chi connectivity index (χ4n) is 6.16. The Labute approximate surface area is 391 Å². The summed E-state index contributed by atoms with van der Waals surface area (Å²) < 4.78 is 82.2. The van der Waals surface area contributed by atoms with Crippen molar-refractivity contribution in [2.75, 3.05) is 192 Å². The van der Waals surface area contributed by atoms with Gasteiger partial charge in [0.1, 0.15) is 18.8 Å². The van der Waals surface area contributed by atoms with Gasteiger partial charge in [-0.3, -0.25) is 0 Å². The van der Waals surface area contributed by atoms with Crippen molar-refractivity contribution in [2.45, 2.75) is 32.3 Å². The lowest BCUT2D eigenvalue weighted by molar-refractivity contribution is -0.160. The molecule has 1 aliphatic rings. The topological polar surface area (TPSA) is 176 Å². The maximum Gasteiger partial charge on any atom is 0.409 e. The molecule has 0 saturated heterocycles. The molecule has 0 bridgehead atoms. The fraction of sp³-hybridized carbons (Fsp3) is 0.708. The number of benzene rings is 2. The van der Waals surface area contributed by atoms with Crippen molar-refractivity contribution in [3.05, 3.63) is 59.7 Å². The number of rotatable bonds is 43. The maximum atomic E-state index is 12.6. The Morgan fingerprint density at radius 1 is 0.439 bits per heavy atom. The minimum Gasteiger partial charge on any atom is -0.458 e. The highest BCUT2D eigenvalue weighted by Gasteiger charge is 2.29. The van der Waals surface area contributed by atoms with Gasteiger partial charge in [0.05, 0.1) is 165 Å². The molecular formula is C48H77NO17. The molecule has 2 aromatic rings. The summed E-state index contributed by atoms with van der Waals surface area (Å²) in [5, 5.41) is 0. The van der Waals surface area contributed by atoms with Gasteiger partial charge >= 0.3 is 12.1 Å². The summed E-state index contributed by atoms with van der Waals surface area (Å²) in [5.74, 6) is -0.360. The van der Waals surface area contributed by atoms with Crippen LogP contribution in [-0.4, -0.2) is 215 Å². The highest BCUT2D eigenvalue weighted by molar-refractivity contribution is 5.79. The standard InChI is InChI=1S/C48H77NO17/c1-48(2,3)66-46(50)40-64-38-37-63-36-35-62-34-33-61-32-31-60-30-29-59-28-27-58-26-25-57-24-23-56-22-21-55-20-19-54-18-17-53-16-15-52-14-13-49(4)47(51)65-39-45-43-11-7-5-9-41(43)42-10-6-8-12-44(42)45/h5-12,45H,13-40H2,1-4H3. The molecule has 0 aliphatic heterocycles. The monoisotopic (exact) mass is 940 g/mol. The zero-order valence-corrected chi connectivity index (χ0v) is 39.9. The zero-order chi connectivity index (χ0) is 47.2. The lowest BCUT2D eigenvalue weighted by Gasteiger charge is -2.19. The first-order valence-electron chi connectivity index (χ1n) is 23.0. The molecule has 66 heavy (non-hydrogen) atoms. The lowest BCUT2D eigenvalue weighted by atomic mass is 9.98. The van der Waals surface area contributed by atoms with Gasteiger partial charge in [-0.25, -0.2) is 9.59 Å². The number of carbonyl (C=O) groups is 2. The number of esters is 1. The van der Waals surface area contributed by atoms with Crippen LogP contribution in [0.5, 0.6) is 0 Å². The van der Waals surface area contributed by atoms with Gasteiger partial charge in [0.15, 0.2) is 0 Å². The van der Waals surface area contributed by atoms with E-state index in [1.165, 1.54) is 27.2 Å². The van der Waals surface area contributed by atoms with E-state index in [4.69, 9.17) is 71.1 Å². The molecule has 0 aromatic heterocycles. The van der Waals surface area contributed by atoms with Crippen LogP contribution in [0.2, 0.25) is 0 Å². The van der Waals surface area contributed by atoms with Crippen molar-refractivity contribution in [3.8, 4) is 11.1 Å². The van der Waals surface area contributed by atoms with E-state index >= 15 is 0 Å². The van der Waals surface area contributed by atoms with Crippen LogP contribution < -0.4 is 0 Å². The number of hydrogen-bond donors (Lipinski definition) is 0. The van der Waals surface area contributed by atoms with Crippen molar-refractivity contribution >= 4 is 12.1 Å². The number of carbonyl (C=O) groups excluding carboxylic acids is 2. The normalized spacial score (nSPS) is 12.4. The van der Waals surface area contributed by atoms with E-state index in [1.54, 1.807) is 7.05 Å². The van der Waals surface area contributed by atoms with Crippen LogP contribution in [0.25, 0.3) is 11.1 Å². The molecule has 0 atom stereocenters. The van der Waals surface area contributed by atoms with Crippen LogP contribution in [-0.2, 0) is 75.8 Å². The molecule has 1 amide bonds. The molecule has 0 radical (unpaired) electrons. The predicted octanol–water partition coefficient (Wildman–Crippen LogP) is 4.42. The minimum atomic E-state index is -0.519. The Kier molecular flexibility index (Phi) is 32.5. The van der Waals surface area contributed by atoms with Crippen molar-refractivity contribution in [3.63, 3.8) is 0 Å². The highest BCUT2D eigenvalue weighted by Crippen LogP contribution is 2.44. The number of fused-ring (bicyclic) bond motifs is 3. The SMILES string of the molecule is CN(CCOCCOCCOCCOCCOCCOCCOCCOCCOCCOCCOCCOCCOCC(=O)OC(C)(C)C)C(=O)OCC1c2ccccc2-c2ccccc21. The van der Waals surface area contributed by atoms with E-state index < -0.39 is 11.6 Å². The molecule has 0 fully saturated rings. The molecular weight excluding hydrogens is 863 g/mol. The molecule has 18 heteroatoms. The fourth-order valence-corrected chi connectivity index (χ4v) is 6.16. The summed E-state index contributed by atoms with van der Waals surface area (Å²) >= 11 is 0. The number of hydrogen-bond acceptors (Lipinski definition) is 17. The van der Waals surface area contributed by atoms with Gasteiger partial charge in [0.25, 0.3) is 0 Å².